The molecular formula is C13H26N2O. The van der Waals surface area contributed by atoms with Crippen molar-refractivity contribution in [1.82, 2.24) is 5.32 Å². The van der Waals surface area contributed by atoms with Gasteiger partial charge in [0.05, 0.1) is 0 Å². The third-order valence-corrected chi connectivity index (χ3v) is 3.89. The van der Waals surface area contributed by atoms with Crippen molar-refractivity contribution in [3.63, 3.8) is 0 Å². The Morgan fingerprint density at radius 2 is 2.19 bits per heavy atom. The minimum Gasteiger partial charge on any atom is -0.356 e. The van der Waals surface area contributed by atoms with Gasteiger partial charge in [-0.3, -0.25) is 4.79 Å². The molecule has 0 saturated heterocycles. The minimum absolute atomic E-state index is 0.195. The third kappa shape index (κ3) is 4.12. The van der Waals surface area contributed by atoms with Crippen molar-refractivity contribution in [3.8, 4) is 0 Å². The maximum atomic E-state index is 11.6. The fourth-order valence-electron chi connectivity index (χ4n) is 2.29. The van der Waals surface area contributed by atoms with E-state index in [1.807, 2.05) is 6.92 Å². The Bertz CT molecular complexity index is 216. The molecule has 0 bridgehead atoms. The van der Waals surface area contributed by atoms with Gasteiger partial charge in [-0.1, -0.05) is 13.3 Å². The highest BCUT2D eigenvalue weighted by molar-refractivity contribution is 5.75. The first-order chi connectivity index (χ1) is 7.58. The van der Waals surface area contributed by atoms with E-state index in [-0.39, 0.29) is 11.9 Å². The number of hydrogen-bond donors (Lipinski definition) is 2. The molecule has 16 heavy (non-hydrogen) atoms. The van der Waals surface area contributed by atoms with Gasteiger partial charge in [0.1, 0.15) is 0 Å². The normalized spacial score (nSPS) is 19.9. The Morgan fingerprint density at radius 1 is 1.50 bits per heavy atom. The van der Waals surface area contributed by atoms with Crippen LogP contribution < -0.4 is 11.1 Å². The molecule has 1 fully saturated rings. The SMILES string of the molecule is CCC1(CNC(=O)CCCC(C)N)CCC1. The fraction of sp³-hybridized carbons (Fsp3) is 0.923. The van der Waals surface area contributed by atoms with Crippen LogP contribution in [-0.4, -0.2) is 18.5 Å². The molecule has 0 aliphatic heterocycles. The average molecular weight is 226 g/mol. The molecule has 1 amide bonds. The van der Waals surface area contributed by atoms with Gasteiger partial charge < -0.3 is 11.1 Å². The topological polar surface area (TPSA) is 55.1 Å². The number of nitrogens with one attached hydrogen (secondary N) is 1. The number of rotatable bonds is 7. The molecule has 1 saturated carbocycles. The molecule has 1 rings (SSSR count). The first kappa shape index (κ1) is 13.5. The van der Waals surface area contributed by atoms with Gasteiger partial charge in [-0.15, -0.1) is 0 Å². The first-order valence-electron chi connectivity index (χ1n) is 6.60. The summed E-state index contributed by atoms with van der Waals surface area (Å²) in [5.41, 5.74) is 6.07. The lowest BCUT2D eigenvalue weighted by molar-refractivity contribution is -0.122. The predicted octanol–water partition coefficient (Wildman–Crippen LogP) is 2.20. The lowest BCUT2D eigenvalue weighted by Gasteiger charge is -2.41. The van der Waals surface area contributed by atoms with Crippen LogP contribution in [0.3, 0.4) is 0 Å². The Morgan fingerprint density at radius 3 is 2.62 bits per heavy atom. The van der Waals surface area contributed by atoms with Crippen LogP contribution in [0.25, 0.3) is 0 Å². The molecule has 0 heterocycles. The highest BCUT2D eigenvalue weighted by Crippen LogP contribution is 2.42. The molecule has 1 aliphatic rings. The maximum absolute atomic E-state index is 11.6. The van der Waals surface area contributed by atoms with E-state index in [2.05, 4.69) is 12.2 Å². The van der Waals surface area contributed by atoms with Crippen molar-refractivity contribution in [1.29, 1.82) is 0 Å². The van der Waals surface area contributed by atoms with E-state index >= 15 is 0 Å². The summed E-state index contributed by atoms with van der Waals surface area (Å²) < 4.78 is 0. The number of nitrogens with two attached hydrogens (primary N) is 1. The first-order valence-corrected chi connectivity index (χ1v) is 6.60. The van der Waals surface area contributed by atoms with Crippen molar-refractivity contribution in [2.24, 2.45) is 11.1 Å². The van der Waals surface area contributed by atoms with E-state index in [4.69, 9.17) is 5.73 Å². The molecule has 3 nitrogen and oxygen atoms in total. The van der Waals surface area contributed by atoms with Crippen molar-refractivity contribution < 1.29 is 4.79 Å². The monoisotopic (exact) mass is 226 g/mol. The van der Waals surface area contributed by atoms with Crippen molar-refractivity contribution in [3.05, 3.63) is 0 Å². The van der Waals surface area contributed by atoms with E-state index in [9.17, 15) is 4.79 Å². The zero-order valence-corrected chi connectivity index (χ0v) is 10.7. The number of hydrogen-bond acceptors (Lipinski definition) is 2. The second kappa shape index (κ2) is 6.24. The van der Waals surface area contributed by atoms with Crippen LogP contribution >= 0.6 is 0 Å². The van der Waals surface area contributed by atoms with Crippen LogP contribution in [-0.2, 0) is 4.79 Å². The largest absolute Gasteiger partial charge is 0.356 e. The quantitative estimate of drug-likeness (QED) is 0.699. The molecule has 1 atom stereocenters. The van der Waals surface area contributed by atoms with Gasteiger partial charge in [-0.05, 0) is 44.4 Å². The zero-order valence-electron chi connectivity index (χ0n) is 10.7. The van der Waals surface area contributed by atoms with E-state index in [0.29, 0.717) is 11.8 Å². The third-order valence-electron chi connectivity index (χ3n) is 3.89. The van der Waals surface area contributed by atoms with E-state index < -0.39 is 0 Å². The molecule has 0 radical (unpaired) electrons. The summed E-state index contributed by atoms with van der Waals surface area (Å²) in [6, 6.07) is 0.210. The van der Waals surface area contributed by atoms with Gasteiger partial charge in [0.2, 0.25) is 5.91 Å². The molecule has 3 heteroatoms. The van der Waals surface area contributed by atoms with Gasteiger partial charge in [-0.25, -0.2) is 0 Å². The second-order valence-corrected chi connectivity index (χ2v) is 5.35. The molecule has 0 aromatic rings. The van der Waals surface area contributed by atoms with E-state index in [0.717, 1.165) is 19.4 Å². The van der Waals surface area contributed by atoms with Gasteiger partial charge in [-0.2, -0.15) is 0 Å². The Hall–Kier alpha value is -0.570. The summed E-state index contributed by atoms with van der Waals surface area (Å²) in [5, 5.41) is 3.07. The highest BCUT2D eigenvalue weighted by atomic mass is 16.1. The summed E-state index contributed by atoms with van der Waals surface area (Å²) in [6.45, 7) is 5.08. The lowest BCUT2D eigenvalue weighted by Crippen LogP contribution is -2.41. The number of carbonyl (C=O) groups excluding carboxylic acids is 1. The standard InChI is InChI=1S/C13H26N2O/c1-3-13(8-5-9-13)10-15-12(16)7-4-6-11(2)14/h11H,3-10,14H2,1-2H3,(H,15,16). The molecular weight excluding hydrogens is 200 g/mol. The lowest BCUT2D eigenvalue weighted by atomic mass is 9.67. The Kier molecular flexibility index (Phi) is 5.26. The van der Waals surface area contributed by atoms with E-state index in [1.165, 1.54) is 25.7 Å². The fourth-order valence-corrected chi connectivity index (χ4v) is 2.29. The highest BCUT2D eigenvalue weighted by Gasteiger charge is 2.34. The van der Waals surface area contributed by atoms with E-state index in [1.54, 1.807) is 0 Å². The summed E-state index contributed by atoms with van der Waals surface area (Å²) in [7, 11) is 0. The molecule has 1 aliphatic carbocycles. The minimum atomic E-state index is 0.195. The molecule has 0 aromatic heterocycles. The Balaban J connectivity index is 2.10. The molecule has 3 N–H and O–H groups in total. The van der Waals surface area contributed by atoms with Gasteiger partial charge >= 0.3 is 0 Å². The van der Waals surface area contributed by atoms with Crippen molar-refractivity contribution in [2.45, 2.75) is 64.8 Å². The van der Waals surface area contributed by atoms with Crippen molar-refractivity contribution in [2.75, 3.05) is 6.54 Å². The summed E-state index contributed by atoms with van der Waals surface area (Å²) in [5.74, 6) is 0.195. The predicted molar refractivity (Wildman–Crippen MR) is 67.1 cm³/mol. The smallest absolute Gasteiger partial charge is 0.220 e. The van der Waals surface area contributed by atoms with Crippen LogP contribution in [0.1, 0.15) is 58.8 Å². The summed E-state index contributed by atoms with van der Waals surface area (Å²) in [4.78, 5) is 11.6. The second-order valence-electron chi connectivity index (χ2n) is 5.35. The van der Waals surface area contributed by atoms with Crippen LogP contribution in [0.2, 0.25) is 0 Å². The van der Waals surface area contributed by atoms with Gasteiger partial charge in [0.25, 0.3) is 0 Å². The van der Waals surface area contributed by atoms with Gasteiger partial charge in [0.15, 0.2) is 0 Å². The zero-order chi connectivity index (χ0) is 12.0. The van der Waals surface area contributed by atoms with Crippen LogP contribution in [0.4, 0.5) is 0 Å². The van der Waals surface area contributed by atoms with Crippen LogP contribution in [0, 0.1) is 5.41 Å². The van der Waals surface area contributed by atoms with Crippen LogP contribution in [0.5, 0.6) is 0 Å². The molecule has 1 unspecified atom stereocenters. The maximum Gasteiger partial charge on any atom is 0.220 e. The summed E-state index contributed by atoms with van der Waals surface area (Å²) in [6.07, 6.45) is 7.55. The van der Waals surface area contributed by atoms with Crippen molar-refractivity contribution >= 4 is 5.91 Å². The summed E-state index contributed by atoms with van der Waals surface area (Å²) >= 11 is 0. The average Bonchev–Trinajstić information content (AvgIpc) is 2.16. The number of amides is 1. The number of carbonyl (C=O) groups is 1. The van der Waals surface area contributed by atoms with Crippen LogP contribution in [0.15, 0.2) is 0 Å². The van der Waals surface area contributed by atoms with Gasteiger partial charge in [0, 0.05) is 19.0 Å². The molecule has 0 aromatic carbocycles. The molecule has 94 valence electrons. The Labute approximate surface area is 99.2 Å². The molecule has 0 spiro atoms.